The maximum Gasteiger partial charge on any atom is 0.270 e. The molecule has 21 heavy (non-hydrogen) atoms. The summed E-state index contributed by atoms with van der Waals surface area (Å²) in [6.45, 7) is 0.323. The van der Waals surface area contributed by atoms with Gasteiger partial charge in [0.1, 0.15) is 11.5 Å². The molecule has 2 aromatic heterocycles. The number of aryl methyl sites for hydroxylation is 1. The van der Waals surface area contributed by atoms with Gasteiger partial charge in [0.2, 0.25) is 0 Å². The maximum absolute atomic E-state index is 12.3. The number of carbonyl (C=O) groups is 1. The zero-order chi connectivity index (χ0) is 14.8. The molecule has 106 valence electrons. The molecule has 6 heteroatoms. The number of nitrogens with zero attached hydrogens (tertiary/aromatic N) is 3. The van der Waals surface area contributed by atoms with E-state index in [1.165, 1.54) is 0 Å². The van der Waals surface area contributed by atoms with Gasteiger partial charge in [-0.1, -0.05) is 24.3 Å². The number of anilines is 1. The second-order valence-electron chi connectivity index (χ2n) is 4.74. The molecule has 0 bridgehead atoms. The van der Waals surface area contributed by atoms with Gasteiger partial charge < -0.3 is 11.1 Å². The Balaban J connectivity index is 1.83. The SMILES string of the molecule is Cn1ncc(CNC(=O)c2nccc3ccccc23)c1N. The maximum atomic E-state index is 12.3. The highest BCUT2D eigenvalue weighted by molar-refractivity contribution is 6.05. The van der Waals surface area contributed by atoms with Crippen LogP contribution in [0.2, 0.25) is 0 Å². The first-order valence-corrected chi connectivity index (χ1v) is 6.55. The second-order valence-corrected chi connectivity index (χ2v) is 4.74. The van der Waals surface area contributed by atoms with Crippen LogP contribution in [0.3, 0.4) is 0 Å². The number of pyridine rings is 1. The van der Waals surface area contributed by atoms with Crippen molar-refractivity contribution in [1.82, 2.24) is 20.1 Å². The first kappa shape index (κ1) is 13.1. The third-order valence-electron chi connectivity index (χ3n) is 3.39. The van der Waals surface area contributed by atoms with Crippen molar-refractivity contribution in [3.8, 4) is 0 Å². The first-order chi connectivity index (χ1) is 10.2. The number of nitrogens with one attached hydrogen (secondary N) is 1. The molecule has 0 aliphatic heterocycles. The quantitative estimate of drug-likeness (QED) is 0.761. The van der Waals surface area contributed by atoms with Crippen LogP contribution in [0.4, 0.5) is 5.82 Å². The highest BCUT2D eigenvalue weighted by Crippen LogP contribution is 2.16. The van der Waals surface area contributed by atoms with Crippen LogP contribution in [0.15, 0.2) is 42.7 Å². The number of aromatic nitrogens is 3. The number of nitrogen functional groups attached to an aromatic ring is 1. The molecule has 3 N–H and O–H groups in total. The van der Waals surface area contributed by atoms with Crippen molar-refractivity contribution in [2.75, 3.05) is 5.73 Å². The van der Waals surface area contributed by atoms with E-state index in [2.05, 4.69) is 15.4 Å². The Labute approximate surface area is 121 Å². The molecule has 0 fully saturated rings. The molecule has 0 unspecified atom stereocenters. The van der Waals surface area contributed by atoms with Crippen LogP contribution in [0.5, 0.6) is 0 Å². The predicted molar refractivity (Wildman–Crippen MR) is 80.5 cm³/mol. The van der Waals surface area contributed by atoms with Crippen molar-refractivity contribution >= 4 is 22.5 Å². The first-order valence-electron chi connectivity index (χ1n) is 6.55. The van der Waals surface area contributed by atoms with Crippen LogP contribution in [0, 0.1) is 0 Å². The van der Waals surface area contributed by atoms with Gasteiger partial charge >= 0.3 is 0 Å². The molecule has 0 radical (unpaired) electrons. The molecular weight excluding hydrogens is 266 g/mol. The van der Waals surface area contributed by atoms with E-state index in [0.717, 1.165) is 16.3 Å². The summed E-state index contributed by atoms with van der Waals surface area (Å²) in [5.74, 6) is 0.316. The molecule has 2 heterocycles. The zero-order valence-corrected chi connectivity index (χ0v) is 11.6. The third-order valence-corrected chi connectivity index (χ3v) is 3.39. The van der Waals surface area contributed by atoms with Gasteiger partial charge in [0, 0.05) is 30.7 Å². The standard InChI is InChI=1S/C15H15N5O/c1-20-14(16)11(9-19-20)8-18-15(21)13-12-5-3-2-4-10(12)6-7-17-13/h2-7,9H,8,16H2,1H3,(H,18,21). The Morgan fingerprint density at radius 1 is 1.33 bits per heavy atom. The van der Waals surface area contributed by atoms with Crippen molar-refractivity contribution in [3.05, 3.63) is 54.0 Å². The van der Waals surface area contributed by atoms with Crippen molar-refractivity contribution in [1.29, 1.82) is 0 Å². The summed E-state index contributed by atoms with van der Waals surface area (Å²) in [5.41, 5.74) is 7.05. The lowest BCUT2D eigenvalue weighted by Crippen LogP contribution is -2.24. The zero-order valence-electron chi connectivity index (χ0n) is 11.6. The summed E-state index contributed by atoms with van der Waals surface area (Å²) in [6, 6.07) is 9.54. The number of amides is 1. The highest BCUT2D eigenvalue weighted by Gasteiger charge is 2.12. The van der Waals surface area contributed by atoms with Crippen molar-refractivity contribution in [2.45, 2.75) is 6.54 Å². The molecule has 3 aromatic rings. The van der Waals surface area contributed by atoms with E-state index >= 15 is 0 Å². The van der Waals surface area contributed by atoms with Crippen molar-refractivity contribution < 1.29 is 4.79 Å². The summed E-state index contributed by atoms with van der Waals surface area (Å²) in [7, 11) is 1.76. The van der Waals surface area contributed by atoms with Gasteiger partial charge in [-0.3, -0.25) is 14.5 Å². The van der Waals surface area contributed by atoms with Crippen molar-refractivity contribution in [3.63, 3.8) is 0 Å². The van der Waals surface area contributed by atoms with Gasteiger partial charge in [-0.15, -0.1) is 0 Å². The van der Waals surface area contributed by atoms with Crippen LogP contribution in [0.1, 0.15) is 16.1 Å². The van der Waals surface area contributed by atoms with Crippen LogP contribution in [-0.2, 0) is 13.6 Å². The van der Waals surface area contributed by atoms with E-state index in [1.54, 1.807) is 24.1 Å². The van der Waals surface area contributed by atoms with Crippen LogP contribution < -0.4 is 11.1 Å². The average molecular weight is 281 g/mol. The smallest absolute Gasteiger partial charge is 0.270 e. The normalized spacial score (nSPS) is 10.7. The van der Waals surface area contributed by atoms with Crippen LogP contribution >= 0.6 is 0 Å². The molecule has 0 aliphatic carbocycles. The summed E-state index contributed by atoms with van der Waals surface area (Å²) in [6.07, 6.45) is 3.28. The van der Waals surface area contributed by atoms with E-state index in [-0.39, 0.29) is 5.91 Å². The third kappa shape index (κ3) is 2.43. The second kappa shape index (κ2) is 5.24. The van der Waals surface area contributed by atoms with E-state index in [0.29, 0.717) is 18.1 Å². The summed E-state index contributed by atoms with van der Waals surface area (Å²) in [4.78, 5) is 16.5. The fraction of sp³-hybridized carbons (Fsp3) is 0.133. The Kier molecular flexibility index (Phi) is 3.27. The topological polar surface area (TPSA) is 85.8 Å². The number of carbonyl (C=O) groups excluding carboxylic acids is 1. The fourth-order valence-electron chi connectivity index (χ4n) is 2.19. The van der Waals surface area contributed by atoms with Gasteiger partial charge in [0.05, 0.1) is 6.20 Å². The van der Waals surface area contributed by atoms with E-state index in [4.69, 9.17) is 5.73 Å². The Morgan fingerprint density at radius 2 is 2.14 bits per heavy atom. The predicted octanol–water partition coefficient (Wildman–Crippen LogP) is 1.48. The molecule has 1 amide bonds. The number of rotatable bonds is 3. The fourth-order valence-corrected chi connectivity index (χ4v) is 2.19. The lowest BCUT2D eigenvalue weighted by atomic mass is 10.1. The Morgan fingerprint density at radius 3 is 2.90 bits per heavy atom. The lowest BCUT2D eigenvalue weighted by molar-refractivity contribution is 0.0948. The molecule has 0 atom stereocenters. The molecule has 0 saturated carbocycles. The van der Waals surface area contributed by atoms with Gasteiger partial charge in [-0.2, -0.15) is 5.10 Å². The molecular formula is C15H15N5O. The average Bonchev–Trinajstić information content (AvgIpc) is 2.84. The number of hydrogen-bond donors (Lipinski definition) is 2. The van der Waals surface area contributed by atoms with Gasteiger partial charge in [-0.25, -0.2) is 0 Å². The summed E-state index contributed by atoms with van der Waals surface area (Å²) in [5, 5.41) is 8.68. The van der Waals surface area contributed by atoms with Crippen LogP contribution in [-0.4, -0.2) is 20.7 Å². The Bertz CT molecular complexity index is 803. The summed E-state index contributed by atoms with van der Waals surface area (Å²) < 4.78 is 1.57. The van der Waals surface area contributed by atoms with Crippen molar-refractivity contribution in [2.24, 2.45) is 7.05 Å². The highest BCUT2D eigenvalue weighted by atomic mass is 16.1. The van der Waals surface area contributed by atoms with Gasteiger partial charge in [0.15, 0.2) is 0 Å². The number of nitrogens with two attached hydrogens (primary N) is 1. The summed E-state index contributed by atoms with van der Waals surface area (Å²) >= 11 is 0. The number of fused-ring (bicyclic) bond motifs is 1. The van der Waals surface area contributed by atoms with E-state index in [9.17, 15) is 4.79 Å². The molecule has 6 nitrogen and oxygen atoms in total. The monoisotopic (exact) mass is 281 g/mol. The minimum absolute atomic E-state index is 0.227. The minimum Gasteiger partial charge on any atom is -0.384 e. The van der Waals surface area contributed by atoms with E-state index < -0.39 is 0 Å². The minimum atomic E-state index is -0.227. The Hall–Kier alpha value is -2.89. The van der Waals surface area contributed by atoms with Crippen LogP contribution in [0.25, 0.3) is 10.8 Å². The molecule has 3 rings (SSSR count). The molecule has 1 aromatic carbocycles. The number of benzene rings is 1. The lowest BCUT2D eigenvalue weighted by Gasteiger charge is -2.07. The molecule has 0 spiro atoms. The molecule has 0 aliphatic rings. The van der Waals surface area contributed by atoms with Gasteiger partial charge in [-0.05, 0) is 11.5 Å². The van der Waals surface area contributed by atoms with E-state index in [1.807, 2.05) is 30.3 Å². The molecule has 0 saturated heterocycles. The largest absolute Gasteiger partial charge is 0.384 e. The number of hydrogen-bond acceptors (Lipinski definition) is 4. The van der Waals surface area contributed by atoms with Gasteiger partial charge in [0.25, 0.3) is 5.91 Å².